The fraction of sp³-hybridized carbons (Fsp3) is 0.400. The number of hydrogen-bond acceptors (Lipinski definition) is 3. The number of phenols is 1. The monoisotopic (exact) mass is 249 g/mol. The highest BCUT2D eigenvalue weighted by molar-refractivity contribution is 6.32. The van der Waals surface area contributed by atoms with Crippen molar-refractivity contribution < 1.29 is 10.2 Å². The molecule has 4 N–H and O–H groups in total. The van der Waals surface area contributed by atoms with Crippen molar-refractivity contribution in [2.75, 3.05) is 0 Å². The molecule has 0 fully saturated rings. The van der Waals surface area contributed by atoms with Gasteiger partial charge >= 0.3 is 0 Å². The Hall–Kier alpha value is -0.480. The van der Waals surface area contributed by atoms with Crippen molar-refractivity contribution in [3.8, 4) is 5.75 Å². The van der Waals surface area contributed by atoms with E-state index in [1.807, 2.05) is 0 Å². The van der Waals surface area contributed by atoms with Crippen LogP contribution in [0.4, 0.5) is 0 Å². The summed E-state index contributed by atoms with van der Waals surface area (Å²) in [7, 11) is 0. The van der Waals surface area contributed by atoms with Crippen LogP contribution in [0.1, 0.15) is 23.7 Å². The molecule has 1 aliphatic rings. The Bertz CT molecular complexity index is 371. The van der Waals surface area contributed by atoms with E-state index < -0.39 is 6.10 Å². The molecule has 0 radical (unpaired) electrons. The third kappa shape index (κ3) is 2.06. The summed E-state index contributed by atoms with van der Waals surface area (Å²) in [6, 6.07) is 2.94. The molecular weight excluding hydrogens is 237 g/mol. The molecule has 1 aromatic carbocycles. The number of aromatic hydroxyl groups is 1. The SMILES string of the molecule is Cl.NC1CCc2c(ccc(O)c2Cl)C1O. The van der Waals surface area contributed by atoms with Gasteiger partial charge in [-0.1, -0.05) is 17.7 Å². The Morgan fingerprint density at radius 1 is 1.40 bits per heavy atom. The van der Waals surface area contributed by atoms with Crippen LogP contribution in [0, 0.1) is 0 Å². The van der Waals surface area contributed by atoms with Crippen LogP contribution in [0.2, 0.25) is 5.02 Å². The van der Waals surface area contributed by atoms with E-state index in [-0.39, 0.29) is 24.2 Å². The summed E-state index contributed by atoms with van der Waals surface area (Å²) < 4.78 is 0. The van der Waals surface area contributed by atoms with Crippen LogP contribution in [0.5, 0.6) is 5.75 Å². The van der Waals surface area contributed by atoms with Crippen LogP contribution in [-0.4, -0.2) is 16.3 Å². The highest BCUT2D eigenvalue weighted by Gasteiger charge is 2.27. The molecule has 0 amide bonds. The minimum Gasteiger partial charge on any atom is -0.506 e. The molecule has 5 heteroatoms. The maximum atomic E-state index is 9.78. The Balaban J connectivity index is 0.00000112. The first kappa shape index (κ1) is 12.6. The number of fused-ring (bicyclic) bond motifs is 1. The van der Waals surface area contributed by atoms with Gasteiger partial charge in [-0.2, -0.15) is 0 Å². The average Bonchev–Trinajstić information content (AvgIpc) is 2.17. The average molecular weight is 250 g/mol. The van der Waals surface area contributed by atoms with Crippen LogP contribution in [0.25, 0.3) is 0 Å². The third-order valence-electron chi connectivity index (χ3n) is 2.71. The van der Waals surface area contributed by atoms with Gasteiger partial charge in [-0.15, -0.1) is 12.4 Å². The van der Waals surface area contributed by atoms with Gasteiger partial charge in [0.05, 0.1) is 11.1 Å². The van der Waals surface area contributed by atoms with Gasteiger partial charge in [0.1, 0.15) is 5.75 Å². The molecule has 0 bridgehead atoms. The molecule has 0 saturated carbocycles. The van der Waals surface area contributed by atoms with Crippen LogP contribution in [0.15, 0.2) is 12.1 Å². The van der Waals surface area contributed by atoms with Crippen molar-refractivity contribution in [3.05, 3.63) is 28.3 Å². The van der Waals surface area contributed by atoms with Gasteiger partial charge in [0.25, 0.3) is 0 Å². The Morgan fingerprint density at radius 2 is 2.07 bits per heavy atom. The molecule has 0 heterocycles. The minimum atomic E-state index is -0.670. The first-order chi connectivity index (χ1) is 6.61. The van der Waals surface area contributed by atoms with E-state index in [0.717, 1.165) is 11.1 Å². The Morgan fingerprint density at radius 3 is 2.73 bits per heavy atom. The molecule has 0 aromatic heterocycles. The van der Waals surface area contributed by atoms with Crippen LogP contribution in [0.3, 0.4) is 0 Å². The van der Waals surface area contributed by atoms with Gasteiger partial charge in [0, 0.05) is 6.04 Å². The van der Waals surface area contributed by atoms with Crippen LogP contribution >= 0.6 is 24.0 Å². The van der Waals surface area contributed by atoms with Crippen molar-refractivity contribution in [3.63, 3.8) is 0 Å². The van der Waals surface area contributed by atoms with Crippen molar-refractivity contribution >= 4 is 24.0 Å². The maximum Gasteiger partial charge on any atom is 0.134 e. The molecule has 2 atom stereocenters. The molecule has 0 aliphatic heterocycles. The van der Waals surface area contributed by atoms with Crippen molar-refractivity contribution in [1.82, 2.24) is 0 Å². The van der Waals surface area contributed by atoms with E-state index in [0.29, 0.717) is 17.9 Å². The molecule has 0 saturated heterocycles. The van der Waals surface area contributed by atoms with Crippen molar-refractivity contribution in [2.45, 2.75) is 25.0 Å². The van der Waals surface area contributed by atoms with Gasteiger partial charge in [-0.05, 0) is 30.0 Å². The van der Waals surface area contributed by atoms with Crippen LogP contribution in [-0.2, 0) is 6.42 Å². The van der Waals surface area contributed by atoms with E-state index in [1.165, 1.54) is 6.07 Å². The molecule has 15 heavy (non-hydrogen) atoms. The second-order valence-electron chi connectivity index (χ2n) is 3.61. The fourth-order valence-corrected chi connectivity index (χ4v) is 2.12. The Kier molecular flexibility index (Phi) is 3.84. The second-order valence-corrected chi connectivity index (χ2v) is 3.99. The largest absolute Gasteiger partial charge is 0.506 e. The van der Waals surface area contributed by atoms with Gasteiger partial charge in [-0.25, -0.2) is 0 Å². The summed E-state index contributed by atoms with van der Waals surface area (Å²) in [5.41, 5.74) is 7.29. The first-order valence-electron chi connectivity index (χ1n) is 4.55. The molecule has 1 aromatic rings. The third-order valence-corrected chi connectivity index (χ3v) is 3.13. The smallest absolute Gasteiger partial charge is 0.134 e. The van der Waals surface area contributed by atoms with Gasteiger partial charge in [0.15, 0.2) is 0 Å². The molecule has 2 rings (SSSR count). The Labute approximate surface area is 99.3 Å². The lowest BCUT2D eigenvalue weighted by Gasteiger charge is -2.28. The topological polar surface area (TPSA) is 66.5 Å². The summed E-state index contributed by atoms with van der Waals surface area (Å²) in [5, 5.41) is 19.5. The molecule has 84 valence electrons. The van der Waals surface area contributed by atoms with E-state index >= 15 is 0 Å². The predicted octanol–water partition coefficient (Wildman–Crippen LogP) is 1.77. The predicted molar refractivity (Wildman–Crippen MR) is 61.6 cm³/mol. The van der Waals surface area contributed by atoms with Crippen molar-refractivity contribution in [2.24, 2.45) is 5.73 Å². The molecular formula is C10H13Cl2NO2. The van der Waals surface area contributed by atoms with E-state index in [2.05, 4.69) is 0 Å². The van der Waals surface area contributed by atoms with Crippen LogP contribution < -0.4 is 5.73 Å². The van der Waals surface area contributed by atoms with Gasteiger partial charge < -0.3 is 15.9 Å². The summed E-state index contributed by atoms with van der Waals surface area (Å²) >= 11 is 5.92. The van der Waals surface area contributed by atoms with E-state index in [4.69, 9.17) is 17.3 Å². The number of phenolic OH excluding ortho intramolecular Hbond substituents is 1. The number of nitrogens with two attached hydrogens (primary N) is 1. The fourth-order valence-electron chi connectivity index (χ4n) is 1.85. The molecule has 3 nitrogen and oxygen atoms in total. The lowest BCUT2D eigenvalue weighted by Crippen LogP contribution is -2.33. The van der Waals surface area contributed by atoms with Crippen molar-refractivity contribution in [1.29, 1.82) is 0 Å². The summed E-state index contributed by atoms with van der Waals surface area (Å²) in [6.45, 7) is 0. The number of rotatable bonds is 0. The van der Waals surface area contributed by atoms with Gasteiger partial charge in [-0.3, -0.25) is 0 Å². The summed E-state index contributed by atoms with van der Waals surface area (Å²) in [6.07, 6.45) is 0.731. The first-order valence-corrected chi connectivity index (χ1v) is 4.93. The zero-order chi connectivity index (χ0) is 10.3. The van der Waals surface area contributed by atoms with E-state index in [9.17, 15) is 10.2 Å². The number of aliphatic hydroxyl groups is 1. The highest BCUT2D eigenvalue weighted by atomic mass is 35.5. The second kappa shape index (κ2) is 4.58. The lowest BCUT2D eigenvalue weighted by atomic mass is 9.86. The number of benzene rings is 1. The number of halogens is 2. The molecule has 2 unspecified atom stereocenters. The molecule has 0 spiro atoms. The lowest BCUT2D eigenvalue weighted by molar-refractivity contribution is 0.133. The zero-order valence-electron chi connectivity index (χ0n) is 7.98. The quantitative estimate of drug-likeness (QED) is 0.657. The number of aliphatic hydroxyl groups excluding tert-OH is 1. The summed E-state index contributed by atoms with van der Waals surface area (Å²) in [4.78, 5) is 0. The number of hydrogen-bond donors (Lipinski definition) is 3. The standard InChI is InChI=1S/C10H12ClNO2.ClH/c11-9-5-1-3-7(12)10(14)6(5)2-4-8(9)13;/h2,4,7,10,13-14H,1,3,12H2;1H. The maximum absolute atomic E-state index is 9.78. The van der Waals surface area contributed by atoms with E-state index in [1.54, 1.807) is 6.07 Å². The van der Waals surface area contributed by atoms with Gasteiger partial charge in [0.2, 0.25) is 0 Å². The minimum absolute atomic E-state index is 0. The molecule has 1 aliphatic carbocycles. The summed E-state index contributed by atoms with van der Waals surface area (Å²) in [5.74, 6) is 0.0630. The highest BCUT2D eigenvalue weighted by Crippen LogP contribution is 2.37. The zero-order valence-corrected chi connectivity index (χ0v) is 9.55. The normalized spacial score (nSPS) is 24.2.